The summed E-state index contributed by atoms with van der Waals surface area (Å²) in [6.07, 6.45) is 5.64. The molecular formula is C31H34FNO5. The third-order valence-electron chi connectivity index (χ3n) is 7.53. The van der Waals surface area contributed by atoms with E-state index < -0.39 is 5.83 Å². The van der Waals surface area contributed by atoms with Gasteiger partial charge < -0.3 is 14.2 Å². The van der Waals surface area contributed by atoms with Crippen molar-refractivity contribution < 1.29 is 28.2 Å². The monoisotopic (exact) mass is 519 g/mol. The molecule has 1 saturated carbocycles. The summed E-state index contributed by atoms with van der Waals surface area (Å²) in [6, 6.07) is 11.6. The maximum atomic E-state index is 14.5. The van der Waals surface area contributed by atoms with Gasteiger partial charge in [0.25, 0.3) is 0 Å². The van der Waals surface area contributed by atoms with Crippen molar-refractivity contribution in [1.82, 2.24) is 0 Å². The number of esters is 1. The summed E-state index contributed by atoms with van der Waals surface area (Å²) in [6.45, 7) is 6.68. The average molecular weight is 520 g/mol. The van der Waals surface area contributed by atoms with Crippen molar-refractivity contribution in [3.63, 3.8) is 0 Å². The van der Waals surface area contributed by atoms with Gasteiger partial charge in [0.05, 0.1) is 20.1 Å². The number of aliphatic imine (C=N–C) groups is 1. The van der Waals surface area contributed by atoms with E-state index in [2.05, 4.69) is 29.9 Å². The van der Waals surface area contributed by atoms with Crippen LogP contribution < -0.4 is 4.74 Å². The minimum absolute atomic E-state index is 0.0851. The van der Waals surface area contributed by atoms with E-state index in [1.165, 1.54) is 27.2 Å². The molecule has 6 nitrogen and oxygen atoms in total. The number of hydrogen-bond donors (Lipinski definition) is 0. The molecule has 0 spiro atoms. The van der Waals surface area contributed by atoms with E-state index in [0.29, 0.717) is 23.3 Å². The Balaban J connectivity index is 1.63. The minimum atomic E-state index is -0.471. The molecule has 3 atom stereocenters. The van der Waals surface area contributed by atoms with Crippen LogP contribution in [0.4, 0.5) is 4.39 Å². The van der Waals surface area contributed by atoms with E-state index in [-0.39, 0.29) is 35.4 Å². The number of halogens is 1. The summed E-state index contributed by atoms with van der Waals surface area (Å²) >= 11 is 0. The molecule has 0 radical (unpaired) electrons. The fraction of sp³-hybridized carbons (Fsp3) is 0.387. The quantitative estimate of drug-likeness (QED) is 0.114. The van der Waals surface area contributed by atoms with Gasteiger partial charge in [-0.3, -0.25) is 9.59 Å². The van der Waals surface area contributed by atoms with Gasteiger partial charge in [0.15, 0.2) is 6.29 Å². The van der Waals surface area contributed by atoms with Crippen molar-refractivity contribution in [1.29, 1.82) is 0 Å². The second kappa shape index (κ2) is 11.8. The third-order valence-corrected chi connectivity index (χ3v) is 7.53. The van der Waals surface area contributed by atoms with Crippen LogP contribution in [0.15, 0.2) is 59.2 Å². The van der Waals surface area contributed by atoms with E-state index in [0.717, 1.165) is 48.1 Å². The molecule has 0 bridgehead atoms. The fourth-order valence-electron chi connectivity index (χ4n) is 5.36. The normalized spacial score (nSPS) is 19.3. The van der Waals surface area contributed by atoms with Crippen LogP contribution in [0.25, 0.3) is 5.57 Å². The molecular weight excluding hydrogens is 485 g/mol. The number of carbonyl (C=O) groups is 2. The number of aldehydes is 1. The van der Waals surface area contributed by atoms with Crippen LogP contribution in [0.5, 0.6) is 5.75 Å². The topological polar surface area (TPSA) is 74.2 Å². The van der Waals surface area contributed by atoms with Crippen LogP contribution in [0, 0.1) is 11.8 Å². The molecule has 2 aromatic rings. The van der Waals surface area contributed by atoms with Crippen LogP contribution in [0.1, 0.15) is 77.7 Å². The molecule has 0 amide bonds. The number of allylic oxidation sites excluding steroid dienone is 3. The van der Waals surface area contributed by atoms with Gasteiger partial charge in [0.2, 0.25) is 5.88 Å². The van der Waals surface area contributed by atoms with Crippen molar-refractivity contribution in [2.24, 2.45) is 16.8 Å². The number of aryl methyl sites for hydroxylation is 1. The lowest BCUT2D eigenvalue weighted by molar-refractivity contribution is -0.145. The maximum absolute atomic E-state index is 14.5. The first-order valence-corrected chi connectivity index (χ1v) is 12.9. The van der Waals surface area contributed by atoms with Crippen LogP contribution in [0.2, 0.25) is 0 Å². The summed E-state index contributed by atoms with van der Waals surface area (Å²) in [5.74, 6) is 0.582. The van der Waals surface area contributed by atoms with Crippen molar-refractivity contribution in [2.75, 3.05) is 14.2 Å². The van der Waals surface area contributed by atoms with Crippen molar-refractivity contribution in [3.8, 4) is 5.75 Å². The highest BCUT2D eigenvalue weighted by molar-refractivity contribution is 5.89. The maximum Gasteiger partial charge on any atom is 0.309 e. The summed E-state index contributed by atoms with van der Waals surface area (Å²) in [5, 5.41) is 0. The summed E-state index contributed by atoms with van der Waals surface area (Å²) in [4.78, 5) is 28.1. The first-order chi connectivity index (χ1) is 18.3. The van der Waals surface area contributed by atoms with Crippen molar-refractivity contribution >= 4 is 24.5 Å². The Bertz CT molecular complexity index is 1290. The lowest BCUT2D eigenvalue weighted by Gasteiger charge is -2.29. The molecule has 1 unspecified atom stereocenters. The lowest BCUT2D eigenvalue weighted by Crippen LogP contribution is -2.23. The number of methoxy groups -OCH3 is 2. The van der Waals surface area contributed by atoms with E-state index in [9.17, 15) is 14.0 Å². The molecule has 38 heavy (non-hydrogen) atoms. The van der Waals surface area contributed by atoms with E-state index in [1.54, 1.807) is 12.1 Å². The number of ether oxygens (including phenoxy) is 3. The number of benzene rings is 2. The van der Waals surface area contributed by atoms with Gasteiger partial charge in [-0.25, -0.2) is 9.38 Å². The third kappa shape index (κ3) is 5.72. The zero-order valence-corrected chi connectivity index (χ0v) is 22.3. The number of nitrogens with zero attached hydrogens (tertiary/aromatic N) is 1. The van der Waals surface area contributed by atoms with Crippen LogP contribution >= 0.6 is 0 Å². The first kappa shape index (κ1) is 27.3. The van der Waals surface area contributed by atoms with Gasteiger partial charge in [0, 0.05) is 17.2 Å². The van der Waals surface area contributed by atoms with Crippen LogP contribution in [0.3, 0.4) is 0 Å². The molecule has 1 aliphatic heterocycles. The highest BCUT2D eigenvalue weighted by Crippen LogP contribution is 2.48. The lowest BCUT2D eigenvalue weighted by atomic mass is 9.82. The second-order valence-corrected chi connectivity index (χ2v) is 9.94. The molecule has 7 heteroatoms. The zero-order valence-electron chi connectivity index (χ0n) is 22.3. The SMILES string of the molecule is C=N/C(=C\C(=C(/C)F)c1ccc(C2CCc3ccc([C@H](C4CC4)[C@H](C)C(=O)OC)cc3O2)cc1C=O)OC. The predicted octanol–water partition coefficient (Wildman–Crippen LogP) is 6.76. The smallest absolute Gasteiger partial charge is 0.309 e. The number of hydrogen-bond acceptors (Lipinski definition) is 6. The van der Waals surface area contributed by atoms with Gasteiger partial charge in [0.1, 0.15) is 17.7 Å². The largest absolute Gasteiger partial charge is 0.485 e. The summed E-state index contributed by atoms with van der Waals surface area (Å²) in [5.41, 5.74) is 4.01. The minimum Gasteiger partial charge on any atom is -0.485 e. The van der Waals surface area contributed by atoms with E-state index in [1.807, 2.05) is 13.0 Å². The van der Waals surface area contributed by atoms with Crippen LogP contribution in [-0.4, -0.2) is 33.2 Å². The number of carbonyl (C=O) groups excluding carboxylic acids is 2. The molecule has 0 N–H and O–H groups in total. The standard InChI is InChI=1S/C31H34FNO5/c1-18(31(35)37-5)30(21-7-8-21)23-9-6-20-11-13-27(38-28(20)15-23)22-10-12-25(24(14-22)17-34)26(19(2)32)16-29(33-3)36-4/h6,9-10,12,14-18,21,27,30H,3,7-8,11,13H2,1-2,4-5H3/b26-19-,29-16+/t18-,27?,30-/m0/s1. The van der Waals surface area contributed by atoms with E-state index >= 15 is 0 Å². The highest BCUT2D eigenvalue weighted by Gasteiger charge is 2.39. The average Bonchev–Trinajstić information content (AvgIpc) is 3.77. The van der Waals surface area contributed by atoms with Gasteiger partial charge in [-0.2, -0.15) is 0 Å². The Labute approximate surface area is 223 Å². The molecule has 1 heterocycles. The molecule has 0 aromatic heterocycles. The Hall–Kier alpha value is -3.74. The molecule has 200 valence electrons. The molecule has 1 fully saturated rings. The summed E-state index contributed by atoms with van der Waals surface area (Å²) in [7, 11) is 2.85. The molecule has 2 aliphatic rings. The molecule has 4 rings (SSSR count). The number of rotatable bonds is 10. The second-order valence-electron chi connectivity index (χ2n) is 9.94. The number of fused-ring (bicyclic) bond motifs is 1. The van der Waals surface area contributed by atoms with E-state index in [4.69, 9.17) is 14.2 Å². The Morgan fingerprint density at radius 3 is 2.53 bits per heavy atom. The molecule has 1 aliphatic carbocycles. The van der Waals surface area contributed by atoms with Gasteiger partial charge in [-0.05, 0) is 85.5 Å². The van der Waals surface area contributed by atoms with Crippen LogP contribution in [-0.2, 0) is 20.7 Å². The fourth-order valence-corrected chi connectivity index (χ4v) is 5.36. The predicted molar refractivity (Wildman–Crippen MR) is 145 cm³/mol. The Morgan fingerprint density at radius 2 is 1.92 bits per heavy atom. The van der Waals surface area contributed by atoms with Gasteiger partial charge >= 0.3 is 5.97 Å². The Morgan fingerprint density at radius 1 is 1.16 bits per heavy atom. The molecule has 2 aromatic carbocycles. The van der Waals surface area contributed by atoms with Gasteiger partial charge in [-0.1, -0.05) is 31.2 Å². The van der Waals surface area contributed by atoms with Crippen molar-refractivity contribution in [2.45, 2.75) is 51.6 Å². The highest BCUT2D eigenvalue weighted by atomic mass is 19.1. The van der Waals surface area contributed by atoms with Crippen molar-refractivity contribution in [3.05, 3.63) is 82.0 Å². The zero-order chi connectivity index (χ0) is 27.4. The first-order valence-electron chi connectivity index (χ1n) is 12.9. The molecule has 0 saturated heterocycles. The van der Waals surface area contributed by atoms with Gasteiger partial charge in [-0.15, -0.1) is 0 Å². The summed E-state index contributed by atoms with van der Waals surface area (Å²) < 4.78 is 31.0. The Kier molecular flexibility index (Phi) is 8.45.